The number of benzene rings is 2. The molecule has 0 aromatic heterocycles. The average Bonchev–Trinajstić information content (AvgIpc) is 2.75. The molecular weight excluding hydrogens is 376 g/mol. The van der Waals surface area contributed by atoms with Crippen molar-refractivity contribution in [2.45, 2.75) is 58.2 Å². The van der Waals surface area contributed by atoms with Crippen LogP contribution in [0.15, 0.2) is 42.5 Å². The molecule has 4 rings (SSSR count). The molecule has 0 spiro atoms. The molecule has 0 unspecified atom stereocenters. The van der Waals surface area contributed by atoms with E-state index in [1.165, 1.54) is 43.5 Å². The van der Waals surface area contributed by atoms with E-state index in [2.05, 4.69) is 22.3 Å². The van der Waals surface area contributed by atoms with Gasteiger partial charge in [0.25, 0.3) is 5.91 Å². The summed E-state index contributed by atoms with van der Waals surface area (Å²) in [6.45, 7) is 7.77. The number of likely N-dealkylation sites (tertiary alicyclic amines) is 1. The smallest absolute Gasteiger partial charge is 0.251 e. The topological polar surface area (TPSA) is 50.8 Å². The fraction of sp³-hybridized carbons (Fsp3) is 0.480. The Balaban J connectivity index is 1.40. The summed E-state index contributed by atoms with van der Waals surface area (Å²) >= 11 is 0. The second kappa shape index (κ2) is 9.52. The minimum absolute atomic E-state index is 0.0286. The SMILES string of the molecule is CC(C)Oc1ccc(C(=O)N[C@@H]2COc3cccc(CN4CCCCC4)c3C2)cc1. The van der Waals surface area contributed by atoms with Crippen molar-refractivity contribution in [2.75, 3.05) is 19.7 Å². The Labute approximate surface area is 179 Å². The maximum atomic E-state index is 12.7. The Bertz CT molecular complexity index is 857. The molecule has 2 aromatic rings. The highest BCUT2D eigenvalue weighted by Gasteiger charge is 2.25. The first kappa shape index (κ1) is 20.7. The van der Waals surface area contributed by atoms with Crippen LogP contribution in [0.4, 0.5) is 0 Å². The number of fused-ring (bicyclic) bond motifs is 1. The quantitative estimate of drug-likeness (QED) is 0.779. The van der Waals surface area contributed by atoms with Crippen molar-refractivity contribution in [3.63, 3.8) is 0 Å². The molecule has 0 aliphatic carbocycles. The molecular formula is C25H32N2O3. The Hall–Kier alpha value is -2.53. The van der Waals surface area contributed by atoms with Gasteiger partial charge in [-0.2, -0.15) is 0 Å². The average molecular weight is 409 g/mol. The zero-order valence-electron chi connectivity index (χ0n) is 18.0. The number of ether oxygens (including phenoxy) is 2. The van der Waals surface area contributed by atoms with Crippen molar-refractivity contribution < 1.29 is 14.3 Å². The van der Waals surface area contributed by atoms with Crippen LogP contribution in [0.5, 0.6) is 11.5 Å². The van der Waals surface area contributed by atoms with Gasteiger partial charge in [-0.05, 0) is 82.1 Å². The van der Waals surface area contributed by atoms with Crippen molar-refractivity contribution in [1.82, 2.24) is 10.2 Å². The van der Waals surface area contributed by atoms with E-state index in [-0.39, 0.29) is 18.1 Å². The first-order chi connectivity index (χ1) is 14.6. The van der Waals surface area contributed by atoms with Gasteiger partial charge in [-0.25, -0.2) is 0 Å². The molecule has 5 heteroatoms. The van der Waals surface area contributed by atoms with E-state index in [1.807, 2.05) is 44.2 Å². The number of hydrogen-bond donors (Lipinski definition) is 1. The first-order valence-corrected chi connectivity index (χ1v) is 11.1. The van der Waals surface area contributed by atoms with Crippen LogP contribution in [0.1, 0.15) is 54.6 Å². The maximum absolute atomic E-state index is 12.7. The molecule has 0 saturated carbocycles. The van der Waals surface area contributed by atoms with Crippen molar-refractivity contribution in [1.29, 1.82) is 0 Å². The molecule has 160 valence electrons. The summed E-state index contributed by atoms with van der Waals surface area (Å²) in [5, 5.41) is 3.15. The third-order valence-electron chi connectivity index (χ3n) is 5.79. The highest BCUT2D eigenvalue weighted by molar-refractivity contribution is 5.94. The van der Waals surface area contributed by atoms with Crippen LogP contribution in [-0.2, 0) is 13.0 Å². The number of nitrogens with zero attached hydrogens (tertiary/aromatic N) is 1. The lowest BCUT2D eigenvalue weighted by atomic mass is 9.96. The van der Waals surface area contributed by atoms with Gasteiger partial charge in [-0.3, -0.25) is 9.69 Å². The van der Waals surface area contributed by atoms with Crippen LogP contribution in [0.3, 0.4) is 0 Å². The second-order valence-electron chi connectivity index (χ2n) is 8.61. The van der Waals surface area contributed by atoms with E-state index >= 15 is 0 Å². The lowest BCUT2D eigenvalue weighted by molar-refractivity contribution is 0.0915. The standard InChI is InChI=1S/C25H32N2O3/c1-18(2)30-22-11-9-19(10-12-22)25(28)26-21-15-23-20(7-6-8-24(23)29-17-21)16-27-13-4-3-5-14-27/h6-12,18,21H,3-5,13-17H2,1-2H3,(H,26,28)/t21-/m0/s1. The third-order valence-corrected chi connectivity index (χ3v) is 5.79. The van der Waals surface area contributed by atoms with Crippen LogP contribution in [0.2, 0.25) is 0 Å². The Morgan fingerprint density at radius 1 is 1.13 bits per heavy atom. The molecule has 5 nitrogen and oxygen atoms in total. The molecule has 2 aromatic carbocycles. The molecule has 1 atom stereocenters. The predicted molar refractivity (Wildman–Crippen MR) is 118 cm³/mol. The predicted octanol–water partition coefficient (Wildman–Crippen LogP) is 4.19. The summed E-state index contributed by atoms with van der Waals surface area (Å²) in [6.07, 6.45) is 4.82. The lowest BCUT2D eigenvalue weighted by Gasteiger charge is -2.31. The summed E-state index contributed by atoms with van der Waals surface area (Å²) in [7, 11) is 0. The van der Waals surface area contributed by atoms with Crippen LogP contribution < -0.4 is 14.8 Å². The van der Waals surface area contributed by atoms with Gasteiger partial charge < -0.3 is 14.8 Å². The van der Waals surface area contributed by atoms with Gasteiger partial charge in [0.1, 0.15) is 18.1 Å². The number of nitrogens with one attached hydrogen (secondary N) is 1. The molecule has 0 radical (unpaired) electrons. The highest BCUT2D eigenvalue weighted by Crippen LogP contribution is 2.29. The number of carbonyl (C=O) groups is 1. The van der Waals surface area contributed by atoms with Crippen LogP contribution in [0, 0.1) is 0 Å². The zero-order valence-corrected chi connectivity index (χ0v) is 18.0. The third kappa shape index (κ3) is 5.14. The molecule has 1 fully saturated rings. The van der Waals surface area contributed by atoms with Crippen LogP contribution in [0.25, 0.3) is 0 Å². The van der Waals surface area contributed by atoms with E-state index in [0.717, 1.165) is 24.5 Å². The van der Waals surface area contributed by atoms with E-state index < -0.39 is 0 Å². The van der Waals surface area contributed by atoms with Gasteiger partial charge in [0.05, 0.1) is 12.1 Å². The first-order valence-electron chi connectivity index (χ1n) is 11.1. The van der Waals surface area contributed by atoms with Gasteiger partial charge in [0, 0.05) is 17.7 Å². The van der Waals surface area contributed by atoms with E-state index in [9.17, 15) is 4.79 Å². The van der Waals surface area contributed by atoms with E-state index in [1.54, 1.807) is 0 Å². The fourth-order valence-electron chi connectivity index (χ4n) is 4.30. The summed E-state index contributed by atoms with van der Waals surface area (Å²) in [5.41, 5.74) is 3.20. The Morgan fingerprint density at radius 3 is 2.63 bits per heavy atom. The number of rotatable bonds is 6. The number of carbonyl (C=O) groups excluding carboxylic acids is 1. The van der Waals surface area contributed by atoms with Gasteiger partial charge in [0.2, 0.25) is 0 Å². The molecule has 1 saturated heterocycles. The summed E-state index contributed by atoms with van der Waals surface area (Å²) < 4.78 is 11.7. The molecule has 2 aliphatic rings. The Morgan fingerprint density at radius 2 is 1.90 bits per heavy atom. The molecule has 2 aliphatic heterocycles. The second-order valence-corrected chi connectivity index (χ2v) is 8.61. The largest absolute Gasteiger partial charge is 0.491 e. The minimum atomic E-state index is -0.0725. The normalized spacial score (nSPS) is 19.1. The van der Waals surface area contributed by atoms with Crippen molar-refractivity contribution in [3.05, 3.63) is 59.2 Å². The van der Waals surface area contributed by atoms with Crippen molar-refractivity contribution in [2.24, 2.45) is 0 Å². The molecule has 1 N–H and O–H groups in total. The van der Waals surface area contributed by atoms with Gasteiger partial charge in [-0.1, -0.05) is 18.6 Å². The maximum Gasteiger partial charge on any atom is 0.251 e. The monoisotopic (exact) mass is 408 g/mol. The number of amides is 1. The van der Waals surface area contributed by atoms with Crippen molar-refractivity contribution >= 4 is 5.91 Å². The molecule has 30 heavy (non-hydrogen) atoms. The zero-order chi connectivity index (χ0) is 20.9. The summed E-state index contributed by atoms with van der Waals surface area (Å²) in [4.78, 5) is 15.3. The highest BCUT2D eigenvalue weighted by atomic mass is 16.5. The van der Waals surface area contributed by atoms with Gasteiger partial charge in [-0.15, -0.1) is 0 Å². The van der Waals surface area contributed by atoms with Crippen molar-refractivity contribution in [3.8, 4) is 11.5 Å². The molecule has 2 heterocycles. The van der Waals surface area contributed by atoms with E-state index in [4.69, 9.17) is 9.47 Å². The molecule has 0 bridgehead atoms. The number of hydrogen-bond acceptors (Lipinski definition) is 4. The summed E-state index contributed by atoms with van der Waals surface area (Å²) in [5.74, 6) is 1.67. The van der Waals surface area contributed by atoms with Gasteiger partial charge in [0.15, 0.2) is 0 Å². The van der Waals surface area contributed by atoms with Gasteiger partial charge >= 0.3 is 0 Å². The van der Waals surface area contributed by atoms with Crippen LogP contribution >= 0.6 is 0 Å². The molecule has 1 amide bonds. The Kier molecular flexibility index (Phi) is 6.58. The number of piperidine rings is 1. The summed E-state index contributed by atoms with van der Waals surface area (Å²) in [6, 6.07) is 13.6. The lowest BCUT2D eigenvalue weighted by Crippen LogP contribution is -2.43. The fourth-order valence-corrected chi connectivity index (χ4v) is 4.30. The van der Waals surface area contributed by atoms with E-state index in [0.29, 0.717) is 12.2 Å². The minimum Gasteiger partial charge on any atom is -0.491 e. The van der Waals surface area contributed by atoms with Crippen LogP contribution in [-0.4, -0.2) is 42.6 Å².